The largest absolute Gasteiger partial charge is 0.494 e. The van der Waals surface area contributed by atoms with Gasteiger partial charge in [0.1, 0.15) is 5.75 Å². The Labute approximate surface area is 127 Å². The number of aryl methyl sites for hydroxylation is 1. The van der Waals surface area contributed by atoms with Crippen molar-refractivity contribution in [1.82, 2.24) is 9.97 Å². The number of benzene rings is 1. The van der Waals surface area contributed by atoms with Crippen LogP contribution in [0.5, 0.6) is 5.75 Å². The number of fused-ring (bicyclic) bond motifs is 1. The van der Waals surface area contributed by atoms with Crippen LogP contribution in [0.4, 0.5) is 5.13 Å². The summed E-state index contributed by atoms with van der Waals surface area (Å²) in [6.45, 7) is 5.41. The van der Waals surface area contributed by atoms with Crippen LogP contribution in [0.3, 0.4) is 0 Å². The molecule has 0 fully saturated rings. The van der Waals surface area contributed by atoms with E-state index in [0.717, 1.165) is 26.8 Å². The summed E-state index contributed by atoms with van der Waals surface area (Å²) in [5.41, 5.74) is 3.22. The predicted octanol–water partition coefficient (Wildman–Crippen LogP) is 4.01. The number of nitrogens with zero attached hydrogens (tertiary/aromatic N) is 2. The molecule has 2 aromatic heterocycles. The van der Waals surface area contributed by atoms with Crippen molar-refractivity contribution >= 4 is 26.7 Å². The Morgan fingerprint density at radius 1 is 1.29 bits per heavy atom. The number of rotatable bonds is 5. The lowest BCUT2D eigenvalue weighted by atomic mass is 10.2. The highest BCUT2D eigenvalue weighted by molar-refractivity contribution is 7.22. The third-order valence-electron chi connectivity index (χ3n) is 3.20. The van der Waals surface area contributed by atoms with Gasteiger partial charge in [0, 0.05) is 6.20 Å². The second-order valence-corrected chi connectivity index (χ2v) is 5.73. The minimum atomic E-state index is 0.675. The Bertz CT molecular complexity index is 754. The summed E-state index contributed by atoms with van der Waals surface area (Å²) in [6.07, 6.45) is 1.82. The Kier molecular flexibility index (Phi) is 4.01. The van der Waals surface area contributed by atoms with Gasteiger partial charge in [0.05, 0.1) is 29.1 Å². The van der Waals surface area contributed by atoms with Gasteiger partial charge in [0.2, 0.25) is 0 Å². The summed E-state index contributed by atoms with van der Waals surface area (Å²) in [5, 5.41) is 4.25. The average Bonchev–Trinajstić information content (AvgIpc) is 2.89. The molecule has 0 aliphatic carbocycles. The number of anilines is 1. The van der Waals surface area contributed by atoms with Crippen molar-refractivity contribution < 1.29 is 4.74 Å². The highest BCUT2D eigenvalue weighted by Gasteiger charge is 2.06. The van der Waals surface area contributed by atoms with Crippen molar-refractivity contribution in [2.45, 2.75) is 20.4 Å². The van der Waals surface area contributed by atoms with E-state index < -0.39 is 0 Å². The van der Waals surface area contributed by atoms with E-state index in [1.165, 1.54) is 5.56 Å². The lowest BCUT2D eigenvalue weighted by molar-refractivity contribution is 0.341. The van der Waals surface area contributed by atoms with E-state index in [1.807, 2.05) is 37.4 Å². The highest BCUT2D eigenvalue weighted by Crippen LogP contribution is 2.29. The van der Waals surface area contributed by atoms with Gasteiger partial charge in [-0.15, -0.1) is 0 Å². The number of thiazole rings is 1. The van der Waals surface area contributed by atoms with Crippen LogP contribution < -0.4 is 10.1 Å². The molecule has 1 N–H and O–H groups in total. The van der Waals surface area contributed by atoms with Gasteiger partial charge in [-0.2, -0.15) is 0 Å². The Morgan fingerprint density at radius 2 is 2.19 bits per heavy atom. The molecule has 1 aromatic carbocycles. The molecule has 0 saturated carbocycles. The van der Waals surface area contributed by atoms with Crippen LogP contribution in [0.15, 0.2) is 36.5 Å². The molecule has 0 aliphatic heterocycles. The zero-order valence-electron chi connectivity index (χ0n) is 12.1. The van der Waals surface area contributed by atoms with Crippen molar-refractivity contribution in [1.29, 1.82) is 0 Å². The van der Waals surface area contributed by atoms with Crippen molar-refractivity contribution in [3.05, 3.63) is 47.8 Å². The van der Waals surface area contributed by atoms with E-state index in [2.05, 4.69) is 28.3 Å². The van der Waals surface area contributed by atoms with Crippen LogP contribution in [0.1, 0.15) is 18.2 Å². The fourth-order valence-electron chi connectivity index (χ4n) is 2.10. The van der Waals surface area contributed by atoms with Gasteiger partial charge < -0.3 is 10.1 Å². The molecular formula is C16H17N3OS. The topological polar surface area (TPSA) is 47.0 Å². The van der Waals surface area contributed by atoms with Gasteiger partial charge in [0.25, 0.3) is 0 Å². The molecule has 0 amide bonds. The zero-order chi connectivity index (χ0) is 14.7. The maximum atomic E-state index is 5.52. The first kappa shape index (κ1) is 13.8. The minimum absolute atomic E-state index is 0.675. The van der Waals surface area contributed by atoms with Crippen LogP contribution in [0, 0.1) is 6.92 Å². The van der Waals surface area contributed by atoms with Crippen LogP contribution in [-0.4, -0.2) is 16.6 Å². The van der Waals surface area contributed by atoms with E-state index in [-0.39, 0.29) is 0 Å². The van der Waals surface area contributed by atoms with E-state index in [4.69, 9.17) is 4.74 Å². The van der Waals surface area contributed by atoms with Crippen LogP contribution in [0.2, 0.25) is 0 Å². The summed E-state index contributed by atoms with van der Waals surface area (Å²) in [7, 11) is 0. The molecule has 2 heterocycles. The Balaban J connectivity index is 1.77. The molecule has 108 valence electrons. The monoisotopic (exact) mass is 299 g/mol. The molecule has 0 saturated heterocycles. The molecule has 3 aromatic rings. The second kappa shape index (κ2) is 6.10. The van der Waals surface area contributed by atoms with Crippen molar-refractivity contribution in [3.8, 4) is 5.75 Å². The van der Waals surface area contributed by atoms with E-state index >= 15 is 0 Å². The lowest BCUT2D eigenvalue weighted by Gasteiger charge is -2.04. The standard InChI is InChI=1S/C16H17N3OS/c1-3-20-12-6-7-13-15(9-12)21-16(19-13)18-10-14-11(2)5-4-8-17-14/h4-9H,3,10H2,1-2H3,(H,18,19). The smallest absolute Gasteiger partial charge is 0.184 e. The maximum Gasteiger partial charge on any atom is 0.184 e. The van der Waals surface area contributed by atoms with Crippen molar-refractivity contribution in [2.24, 2.45) is 0 Å². The molecular weight excluding hydrogens is 282 g/mol. The lowest BCUT2D eigenvalue weighted by Crippen LogP contribution is -2.02. The number of hydrogen-bond donors (Lipinski definition) is 1. The Morgan fingerprint density at radius 3 is 3.00 bits per heavy atom. The van der Waals surface area contributed by atoms with Crippen LogP contribution in [0.25, 0.3) is 10.2 Å². The van der Waals surface area contributed by atoms with Crippen LogP contribution in [-0.2, 0) is 6.54 Å². The molecule has 5 heteroatoms. The molecule has 0 radical (unpaired) electrons. The molecule has 4 nitrogen and oxygen atoms in total. The second-order valence-electron chi connectivity index (χ2n) is 4.70. The average molecular weight is 299 g/mol. The SMILES string of the molecule is CCOc1ccc2nc(NCc3ncccc3C)sc2c1. The third kappa shape index (κ3) is 3.13. The first-order chi connectivity index (χ1) is 10.3. The molecule has 3 rings (SSSR count). The van der Waals surface area contributed by atoms with Crippen molar-refractivity contribution in [3.63, 3.8) is 0 Å². The van der Waals surface area contributed by atoms with E-state index in [0.29, 0.717) is 13.2 Å². The van der Waals surface area contributed by atoms with Gasteiger partial charge in [-0.1, -0.05) is 17.4 Å². The number of aromatic nitrogens is 2. The molecule has 0 unspecified atom stereocenters. The molecule has 0 aliphatic rings. The summed E-state index contributed by atoms with van der Waals surface area (Å²) >= 11 is 1.63. The quantitative estimate of drug-likeness (QED) is 0.773. The normalized spacial score (nSPS) is 10.8. The van der Waals surface area contributed by atoms with Gasteiger partial charge in [-0.05, 0) is 43.7 Å². The number of hydrogen-bond acceptors (Lipinski definition) is 5. The Hall–Kier alpha value is -2.14. The summed E-state index contributed by atoms with van der Waals surface area (Å²) in [5.74, 6) is 0.890. The minimum Gasteiger partial charge on any atom is -0.494 e. The van der Waals surface area contributed by atoms with E-state index in [1.54, 1.807) is 11.3 Å². The maximum absolute atomic E-state index is 5.52. The number of ether oxygens (including phenoxy) is 1. The number of nitrogens with one attached hydrogen (secondary N) is 1. The number of pyridine rings is 1. The van der Waals surface area contributed by atoms with Gasteiger partial charge in [-0.3, -0.25) is 4.98 Å². The molecule has 0 spiro atoms. The van der Waals surface area contributed by atoms with Gasteiger partial charge in [-0.25, -0.2) is 4.98 Å². The summed E-state index contributed by atoms with van der Waals surface area (Å²) in [6, 6.07) is 10.0. The zero-order valence-corrected chi connectivity index (χ0v) is 12.9. The fraction of sp³-hybridized carbons (Fsp3) is 0.250. The summed E-state index contributed by atoms with van der Waals surface area (Å²) in [4.78, 5) is 8.96. The third-order valence-corrected chi connectivity index (χ3v) is 4.17. The van der Waals surface area contributed by atoms with E-state index in [9.17, 15) is 0 Å². The predicted molar refractivity (Wildman–Crippen MR) is 87.1 cm³/mol. The summed E-state index contributed by atoms with van der Waals surface area (Å²) < 4.78 is 6.64. The van der Waals surface area contributed by atoms with Gasteiger partial charge in [0.15, 0.2) is 5.13 Å². The van der Waals surface area contributed by atoms with Crippen molar-refractivity contribution in [2.75, 3.05) is 11.9 Å². The molecule has 0 bridgehead atoms. The molecule has 21 heavy (non-hydrogen) atoms. The highest BCUT2D eigenvalue weighted by atomic mass is 32.1. The first-order valence-corrected chi connectivity index (χ1v) is 7.75. The molecule has 0 atom stereocenters. The first-order valence-electron chi connectivity index (χ1n) is 6.94. The van der Waals surface area contributed by atoms with Gasteiger partial charge >= 0.3 is 0 Å². The fourth-order valence-corrected chi connectivity index (χ4v) is 2.99. The van der Waals surface area contributed by atoms with Crippen LogP contribution >= 0.6 is 11.3 Å².